The van der Waals surface area contributed by atoms with E-state index in [0.717, 1.165) is 5.69 Å². The second-order valence-electron chi connectivity index (χ2n) is 4.48. The van der Waals surface area contributed by atoms with E-state index in [2.05, 4.69) is 5.32 Å². The number of rotatable bonds is 5. The molecule has 0 heterocycles. The minimum atomic E-state index is -3.18. The lowest BCUT2D eigenvalue weighted by atomic mass is 10.3. The van der Waals surface area contributed by atoms with Gasteiger partial charge in [0.1, 0.15) is 0 Å². The van der Waals surface area contributed by atoms with Crippen molar-refractivity contribution >= 4 is 15.5 Å². The molecule has 4 nitrogen and oxygen atoms in total. The molecule has 0 aliphatic rings. The third-order valence-electron chi connectivity index (χ3n) is 2.43. The molecule has 0 saturated carbocycles. The molecule has 0 aliphatic heterocycles. The number of anilines is 1. The highest BCUT2D eigenvalue weighted by Crippen LogP contribution is 2.18. The average molecular weight is 256 g/mol. The van der Waals surface area contributed by atoms with Gasteiger partial charge in [0.05, 0.1) is 10.1 Å². The third-order valence-corrected chi connectivity index (χ3v) is 4.60. The zero-order valence-corrected chi connectivity index (χ0v) is 11.3. The van der Waals surface area contributed by atoms with Gasteiger partial charge in [-0.25, -0.2) is 8.42 Å². The molecule has 1 aromatic carbocycles. The van der Waals surface area contributed by atoms with Crippen molar-refractivity contribution in [3.05, 3.63) is 24.3 Å². The van der Waals surface area contributed by atoms with Crippen LogP contribution in [0, 0.1) is 0 Å². The number of hydrogen-bond donors (Lipinski definition) is 2. The van der Waals surface area contributed by atoms with Gasteiger partial charge < -0.3 is 11.1 Å². The monoisotopic (exact) mass is 256 g/mol. The van der Waals surface area contributed by atoms with Crippen LogP contribution in [0.5, 0.6) is 0 Å². The average Bonchev–Trinajstić information content (AvgIpc) is 2.26. The molecule has 0 spiro atoms. The Morgan fingerprint density at radius 2 is 1.71 bits per heavy atom. The fraction of sp³-hybridized carbons (Fsp3) is 0.500. The van der Waals surface area contributed by atoms with Gasteiger partial charge in [-0.3, -0.25) is 0 Å². The molecule has 1 unspecified atom stereocenters. The minimum absolute atomic E-state index is 0.0640. The highest BCUT2D eigenvalue weighted by atomic mass is 32.2. The molecule has 0 aromatic heterocycles. The maximum Gasteiger partial charge on any atom is 0.180 e. The molecule has 0 radical (unpaired) electrons. The van der Waals surface area contributed by atoms with Crippen molar-refractivity contribution in [3.8, 4) is 0 Å². The number of nitrogens with one attached hydrogen (secondary N) is 1. The van der Waals surface area contributed by atoms with Gasteiger partial charge in [0.15, 0.2) is 9.84 Å². The van der Waals surface area contributed by atoms with E-state index in [-0.39, 0.29) is 6.04 Å². The number of benzene rings is 1. The number of hydrogen-bond acceptors (Lipinski definition) is 4. The van der Waals surface area contributed by atoms with Crippen LogP contribution in [-0.4, -0.2) is 26.3 Å². The Morgan fingerprint density at radius 1 is 1.18 bits per heavy atom. The lowest BCUT2D eigenvalue weighted by Crippen LogP contribution is -2.25. The molecule has 5 heteroatoms. The fourth-order valence-corrected chi connectivity index (χ4v) is 2.37. The minimum Gasteiger partial charge on any atom is -0.383 e. The number of nitrogens with two attached hydrogens (primary N) is 1. The second-order valence-corrected chi connectivity index (χ2v) is 6.98. The summed E-state index contributed by atoms with van der Waals surface area (Å²) in [5.41, 5.74) is 6.50. The highest BCUT2D eigenvalue weighted by Gasteiger charge is 2.18. The van der Waals surface area contributed by atoms with E-state index in [1.54, 1.807) is 38.1 Å². The molecule has 0 aliphatic carbocycles. The van der Waals surface area contributed by atoms with Gasteiger partial charge in [-0.15, -0.1) is 0 Å². The zero-order chi connectivity index (χ0) is 13.1. The fourth-order valence-electron chi connectivity index (χ4n) is 1.31. The second kappa shape index (κ2) is 5.51. The standard InChI is InChI=1S/C12H20N2O2S/c1-9(2)17(15,16)12-6-4-11(5-7-12)14-8-10(3)13/h4-7,9-10,14H,8,13H2,1-3H3. The van der Waals surface area contributed by atoms with Crippen molar-refractivity contribution in [2.45, 2.75) is 37.0 Å². The van der Waals surface area contributed by atoms with Crippen LogP contribution in [0.15, 0.2) is 29.2 Å². The van der Waals surface area contributed by atoms with Crippen molar-refractivity contribution in [1.82, 2.24) is 0 Å². The van der Waals surface area contributed by atoms with Crippen LogP contribution in [0.3, 0.4) is 0 Å². The molecular weight excluding hydrogens is 236 g/mol. The Labute approximate surface area is 103 Å². The largest absolute Gasteiger partial charge is 0.383 e. The van der Waals surface area contributed by atoms with E-state index >= 15 is 0 Å². The summed E-state index contributed by atoms with van der Waals surface area (Å²) in [5, 5.41) is 2.73. The summed E-state index contributed by atoms with van der Waals surface area (Å²) >= 11 is 0. The maximum absolute atomic E-state index is 11.9. The van der Waals surface area contributed by atoms with Crippen LogP contribution in [-0.2, 0) is 9.84 Å². The summed E-state index contributed by atoms with van der Waals surface area (Å²) in [6.07, 6.45) is 0. The molecule has 1 atom stereocenters. The third kappa shape index (κ3) is 3.71. The lowest BCUT2D eigenvalue weighted by Gasteiger charge is -2.11. The van der Waals surface area contributed by atoms with Crippen molar-refractivity contribution in [3.63, 3.8) is 0 Å². The summed E-state index contributed by atoms with van der Waals surface area (Å²) in [5.74, 6) is 0. The van der Waals surface area contributed by atoms with Gasteiger partial charge in [0.25, 0.3) is 0 Å². The molecular formula is C12H20N2O2S. The quantitative estimate of drug-likeness (QED) is 0.840. The molecule has 0 amide bonds. The summed E-state index contributed by atoms with van der Waals surface area (Å²) in [4.78, 5) is 0.360. The number of sulfone groups is 1. The van der Waals surface area contributed by atoms with Crippen LogP contribution in [0.4, 0.5) is 5.69 Å². The van der Waals surface area contributed by atoms with E-state index in [1.165, 1.54) is 0 Å². The molecule has 1 aromatic rings. The summed E-state index contributed by atoms with van der Waals surface area (Å²) in [6, 6.07) is 6.83. The topological polar surface area (TPSA) is 72.2 Å². The predicted molar refractivity (Wildman–Crippen MR) is 70.9 cm³/mol. The van der Waals surface area contributed by atoms with Crippen LogP contribution in [0.2, 0.25) is 0 Å². The first-order valence-electron chi connectivity index (χ1n) is 5.67. The van der Waals surface area contributed by atoms with Gasteiger partial charge in [-0.1, -0.05) is 0 Å². The summed E-state index contributed by atoms with van der Waals surface area (Å²) in [7, 11) is -3.18. The smallest absolute Gasteiger partial charge is 0.180 e. The SMILES string of the molecule is CC(N)CNc1ccc(S(=O)(=O)C(C)C)cc1. The first kappa shape index (κ1) is 14.0. The van der Waals surface area contributed by atoms with Gasteiger partial charge in [0.2, 0.25) is 0 Å². The highest BCUT2D eigenvalue weighted by molar-refractivity contribution is 7.92. The molecule has 0 bridgehead atoms. The Kier molecular flexibility index (Phi) is 4.54. The van der Waals surface area contributed by atoms with E-state index in [0.29, 0.717) is 11.4 Å². The lowest BCUT2D eigenvalue weighted by molar-refractivity contribution is 0.587. The molecule has 3 N–H and O–H groups in total. The van der Waals surface area contributed by atoms with E-state index in [9.17, 15) is 8.42 Å². The maximum atomic E-state index is 11.9. The molecule has 0 saturated heterocycles. The normalized spacial score (nSPS) is 13.7. The van der Waals surface area contributed by atoms with Gasteiger partial charge in [-0.05, 0) is 45.0 Å². The Balaban J connectivity index is 2.82. The van der Waals surface area contributed by atoms with E-state index in [4.69, 9.17) is 5.73 Å². The Morgan fingerprint density at radius 3 is 2.12 bits per heavy atom. The van der Waals surface area contributed by atoms with Gasteiger partial charge >= 0.3 is 0 Å². The van der Waals surface area contributed by atoms with Gasteiger partial charge in [-0.2, -0.15) is 0 Å². The van der Waals surface area contributed by atoms with Crippen LogP contribution >= 0.6 is 0 Å². The molecule has 96 valence electrons. The first-order chi connectivity index (χ1) is 7.84. The van der Waals surface area contributed by atoms with Crippen LogP contribution in [0.25, 0.3) is 0 Å². The van der Waals surface area contributed by atoms with Crippen molar-refractivity contribution in [1.29, 1.82) is 0 Å². The Hall–Kier alpha value is -1.07. The molecule has 0 fully saturated rings. The molecule has 17 heavy (non-hydrogen) atoms. The zero-order valence-electron chi connectivity index (χ0n) is 10.5. The summed E-state index contributed by atoms with van der Waals surface area (Å²) in [6.45, 7) is 5.93. The van der Waals surface area contributed by atoms with Crippen molar-refractivity contribution in [2.24, 2.45) is 5.73 Å². The first-order valence-corrected chi connectivity index (χ1v) is 7.22. The Bertz CT molecular complexity index is 450. The summed E-state index contributed by atoms with van der Waals surface area (Å²) < 4.78 is 23.7. The predicted octanol–water partition coefficient (Wildman–Crippen LogP) is 1.63. The van der Waals surface area contributed by atoms with Crippen LogP contribution < -0.4 is 11.1 Å². The van der Waals surface area contributed by atoms with E-state index < -0.39 is 15.1 Å². The van der Waals surface area contributed by atoms with Crippen molar-refractivity contribution in [2.75, 3.05) is 11.9 Å². The van der Waals surface area contributed by atoms with Crippen molar-refractivity contribution < 1.29 is 8.42 Å². The van der Waals surface area contributed by atoms with Crippen LogP contribution in [0.1, 0.15) is 20.8 Å². The molecule has 1 rings (SSSR count). The van der Waals surface area contributed by atoms with E-state index in [1.807, 2.05) is 6.92 Å². The van der Waals surface area contributed by atoms with Gasteiger partial charge in [0, 0.05) is 18.3 Å².